The minimum Gasteiger partial charge on any atom is -0.378 e. The standard InChI is InChI=1S/C19H22ClN3O2/c20-16-3-1-2-15(12-16)18(24)19(25)22-17-6-10-23(11-7-17)13-14-4-8-21-9-5-14/h1-5,8-9,12,17-18,24H,6-7,10-11,13H2,(H,22,25)/t18-/m0/s1. The van der Waals surface area contributed by atoms with Gasteiger partial charge >= 0.3 is 0 Å². The van der Waals surface area contributed by atoms with E-state index < -0.39 is 6.10 Å². The fourth-order valence-corrected chi connectivity index (χ4v) is 3.29. The second-order valence-corrected chi connectivity index (χ2v) is 6.81. The van der Waals surface area contributed by atoms with Crippen molar-refractivity contribution >= 4 is 17.5 Å². The van der Waals surface area contributed by atoms with E-state index in [2.05, 4.69) is 15.2 Å². The van der Waals surface area contributed by atoms with Gasteiger partial charge in [-0.1, -0.05) is 23.7 Å². The van der Waals surface area contributed by atoms with E-state index in [1.165, 1.54) is 5.56 Å². The van der Waals surface area contributed by atoms with E-state index in [4.69, 9.17) is 11.6 Å². The molecule has 0 spiro atoms. The summed E-state index contributed by atoms with van der Waals surface area (Å²) in [5, 5.41) is 13.7. The summed E-state index contributed by atoms with van der Waals surface area (Å²) in [5.41, 5.74) is 1.76. The van der Waals surface area contributed by atoms with Crippen LogP contribution in [0, 0.1) is 0 Å². The number of pyridine rings is 1. The predicted octanol–water partition coefficient (Wildman–Crippen LogP) is 2.55. The average molecular weight is 360 g/mol. The maximum Gasteiger partial charge on any atom is 0.253 e. The second-order valence-electron chi connectivity index (χ2n) is 6.37. The third kappa shape index (κ3) is 5.01. The van der Waals surface area contributed by atoms with Gasteiger partial charge in [0.2, 0.25) is 0 Å². The lowest BCUT2D eigenvalue weighted by molar-refractivity contribution is -0.130. The third-order valence-electron chi connectivity index (χ3n) is 4.50. The fourth-order valence-electron chi connectivity index (χ4n) is 3.09. The summed E-state index contributed by atoms with van der Waals surface area (Å²) in [6.45, 7) is 2.73. The summed E-state index contributed by atoms with van der Waals surface area (Å²) in [6, 6.07) is 10.9. The average Bonchev–Trinajstić information content (AvgIpc) is 2.63. The van der Waals surface area contributed by atoms with Gasteiger partial charge in [-0.2, -0.15) is 0 Å². The van der Waals surface area contributed by atoms with Crippen LogP contribution in [0.1, 0.15) is 30.1 Å². The van der Waals surface area contributed by atoms with Gasteiger partial charge in [0.15, 0.2) is 6.10 Å². The first-order chi connectivity index (χ1) is 12.1. The Morgan fingerprint density at radius 1 is 1.28 bits per heavy atom. The van der Waals surface area contributed by atoms with Crippen LogP contribution in [-0.2, 0) is 11.3 Å². The number of likely N-dealkylation sites (tertiary alicyclic amines) is 1. The molecule has 1 aromatic heterocycles. The topological polar surface area (TPSA) is 65.5 Å². The number of carbonyl (C=O) groups is 1. The first kappa shape index (κ1) is 17.9. The maximum atomic E-state index is 12.3. The van der Waals surface area contributed by atoms with E-state index in [-0.39, 0.29) is 11.9 Å². The molecule has 132 valence electrons. The number of hydrogen-bond donors (Lipinski definition) is 2. The molecule has 0 unspecified atom stereocenters. The molecule has 1 aromatic carbocycles. The molecule has 3 rings (SSSR count). The van der Waals surface area contributed by atoms with Crippen LogP contribution < -0.4 is 5.32 Å². The minimum absolute atomic E-state index is 0.0926. The van der Waals surface area contributed by atoms with Crippen molar-refractivity contribution in [3.63, 3.8) is 0 Å². The lowest BCUT2D eigenvalue weighted by Gasteiger charge is -2.32. The molecule has 1 aliphatic rings. The molecule has 1 saturated heterocycles. The number of nitrogens with zero attached hydrogens (tertiary/aromatic N) is 2. The van der Waals surface area contributed by atoms with Gasteiger partial charge in [0.25, 0.3) is 5.91 Å². The summed E-state index contributed by atoms with van der Waals surface area (Å²) in [4.78, 5) is 18.7. The summed E-state index contributed by atoms with van der Waals surface area (Å²) in [7, 11) is 0. The molecule has 1 amide bonds. The number of nitrogens with one attached hydrogen (secondary N) is 1. The Hall–Kier alpha value is -1.95. The van der Waals surface area contributed by atoms with Crippen LogP contribution in [0.25, 0.3) is 0 Å². The Morgan fingerprint density at radius 2 is 2.00 bits per heavy atom. The van der Waals surface area contributed by atoms with E-state index in [1.807, 2.05) is 12.1 Å². The van der Waals surface area contributed by atoms with Crippen LogP contribution in [0.15, 0.2) is 48.8 Å². The molecule has 0 saturated carbocycles. The predicted molar refractivity (Wildman–Crippen MR) is 97.1 cm³/mol. The summed E-state index contributed by atoms with van der Waals surface area (Å²) < 4.78 is 0. The van der Waals surface area contributed by atoms with E-state index in [0.717, 1.165) is 32.5 Å². The number of aromatic nitrogens is 1. The molecule has 25 heavy (non-hydrogen) atoms. The minimum atomic E-state index is -1.19. The van der Waals surface area contributed by atoms with Crippen LogP contribution in [-0.4, -0.2) is 40.0 Å². The molecule has 1 aliphatic heterocycles. The largest absolute Gasteiger partial charge is 0.378 e. The van der Waals surface area contributed by atoms with Gasteiger partial charge in [0.05, 0.1) is 0 Å². The van der Waals surface area contributed by atoms with E-state index in [0.29, 0.717) is 10.6 Å². The summed E-state index contributed by atoms with van der Waals surface area (Å²) in [5.74, 6) is -0.366. The van der Waals surface area contributed by atoms with Gasteiger partial charge in [0, 0.05) is 43.1 Å². The molecule has 5 nitrogen and oxygen atoms in total. The molecule has 2 N–H and O–H groups in total. The maximum absolute atomic E-state index is 12.3. The SMILES string of the molecule is O=C(NC1CCN(Cc2ccncc2)CC1)[C@@H](O)c1cccc(Cl)c1. The number of carbonyl (C=O) groups excluding carboxylic acids is 1. The van der Waals surface area contributed by atoms with Crippen molar-refractivity contribution in [3.05, 3.63) is 64.9 Å². The molecule has 1 atom stereocenters. The van der Waals surface area contributed by atoms with Gasteiger partial charge in [-0.3, -0.25) is 14.7 Å². The van der Waals surface area contributed by atoms with Crippen molar-refractivity contribution in [2.24, 2.45) is 0 Å². The highest BCUT2D eigenvalue weighted by molar-refractivity contribution is 6.30. The quantitative estimate of drug-likeness (QED) is 0.861. The van der Waals surface area contributed by atoms with Crippen molar-refractivity contribution in [2.75, 3.05) is 13.1 Å². The smallest absolute Gasteiger partial charge is 0.253 e. The molecule has 0 radical (unpaired) electrons. The van der Waals surface area contributed by atoms with Gasteiger partial charge in [0.1, 0.15) is 0 Å². The number of hydrogen-bond acceptors (Lipinski definition) is 4. The van der Waals surface area contributed by atoms with E-state index in [1.54, 1.807) is 36.7 Å². The fraction of sp³-hybridized carbons (Fsp3) is 0.368. The Kier molecular flexibility index (Phi) is 6.02. The third-order valence-corrected chi connectivity index (χ3v) is 4.74. The van der Waals surface area contributed by atoms with Crippen molar-refractivity contribution in [1.29, 1.82) is 0 Å². The zero-order valence-corrected chi connectivity index (χ0v) is 14.7. The van der Waals surface area contributed by atoms with Crippen LogP contribution in [0.5, 0.6) is 0 Å². The Morgan fingerprint density at radius 3 is 2.68 bits per heavy atom. The van der Waals surface area contributed by atoms with Crippen LogP contribution in [0.3, 0.4) is 0 Å². The molecule has 0 aliphatic carbocycles. The van der Waals surface area contributed by atoms with Crippen molar-refractivity contribution in [1.82, 2.24) is 15.2 Å². The first-order valence-corrected chi connectivity index (χ1v) is 8.85. The number of aliphatic hydroxyl groups excluding tert-OH is 1. The lowest BCUT2D eigenvalue weighted by Crippen LogP contribution is -2.45. The van der Waals surface area contributed by atoms with Crippen molar-refractivity contribution in [3.8, 4) is 0 Å². The Balaban J connectivity index is 1.47. The molecular formula is C19H22ClN3O2. The zero-order chi connectivity index (χ0) is 17.6. The van der Waals surface area contributed by atoms with E-state index in [9.17, 15) is 9.90 Å². The highest BCUT2D eigenvalue weighted by Crippen LogP contribution is 2.19. The number of amides is 1. The Bertz CT molecular complexity index is 703. The normalized spacial score (nSPS) is 17.2. The molecular weight excluding hydrogens is 338 g/mol. The van der Waals surface area contributed by atoms with Gasteiger partial charge < -0.3 is 10.4 Å². The number of aliphatic hydroxyl groups is 1. The van der Waals surface area contributed by atoms with E-state index >= 15 is 0 Å². The number of rotatable bonds is 5. The molecule has 2 heterocycles. The summed E-state index contributed by atoms with van der Waals surface area (Å²) in [6.07, 6.45) is 4.17. The number of piperidine rings is 1. The zero-order valence-electron chi connectivity index (χ0n) is 13.9. The van der Waals surface area contributed by atoms with Crippen LogP contribution >= 0.6 is 11.6 Å². The number of benzene rings is 1. The molecule has 6 heteroatoms. The lowest BCUT2D eigenvalue weighted by atomic mass is 10.0. The van der Waals surface area contributed by atoms with Gasteiger partial charge in [-0.15, -0.1) is 0 Å². The van der Waals surface area contributed by atoms with Crippen molar-refractivity contribution in [2.45, 2.75) is 31.5 Å². The Labute approximate surface area is 152 Å². The van der Waals surface area contributed by atoms with Crippen LogP contribution in [0.4, 0.5) is 0 Å². The number of halogens is 1. The highest BCUT2D eigenvalue weighted by atomic mass is 35.5. The monoisotopic (exact) mass is 359 g/mol. The molecule has 0 bridgehead atoms. The molecule has 1 fully saturated rings. The van der Waals surface area contributed by atoms with Gasteiger partial charge in [-0.05, 0) is 48.2 Å². The second kappa shape index (κ2) is 8.43. The van der Waals surface area contributed by atoms with Crippen LogP contribution in [0.2, 0.25) is 5.02 Å². The highest BCUT2D eigenvalue weighted by Gasteiger charge is 2.24. The summed E-state index contributed by atoms with van der Waals surface area (Å²) >= 11 is 5.92. The first-order valence-electron chi connectivity index (χ1n) is 8.47. The van der Waals surface area contributed by atoms with Gasteiger partial charge in [-0.25, -0.2) is 0 Å². The molecule has 2 aromatic rings. The van der Waals surface area contributed by atoms with Crippen molar-refractivity contribution < 1.29 is 9.90 Å².